The number of benzene rings is 1. The van der Waals surface area contributed by atoms with Gasteiger partial charge in [-0.05, 0) is 44.2 Å². The van der Waals surface area contributed by atoms with E-state index in [4.69, 9.17) is 0 Å². The first-order chi connectivity index (χ1) is 11.7. The predicted molar refractivity (Wildman–Crippen MR) is 98.3 cm³/mol. The third-order valence-corrected chi connectivity index (χ3v) is 5.22. The summed E-state index contributed by atoms with van der Waals surface area (Å²) in [6, 6.07) is 8.84. The molecule has 2 aromatic rings. The third-order valence-electron chi connectivity index (χ3n) is 3.82. The van der Waals surface area contributed by atoms with Crippen molar-refractivity contribution >= 4 is 27.4 Å². The number of likely N-dealkylation sites (N-methyl/N-ethyl adjacent to an activating group) is 1. The summed E-state index contributed by atoms with van der Waals surface area (Å²) < 4.78 is 25.6. The highest BCUT2D eigenvalue weighted by Crippen LogP contribution is 2.19. The number of carbonyl (C=O) groups is 1. The lowest BCUT2D eigenvalue weighted by atomic mass is 10.1. The summed E-state index contributed by atoms with van der Waals surface area (Å²) in [5, 5.41) is 2.91. The molecule has 7 nitrogen and oxygen atoms in total. The average molecular weight is 362 g/mol. The number of hydrogen-bond acceptors (Lipinski definition) is 5. The Morgan fingerprint density at radius 2 is 1.80 bits per heavy atom. The van der Waals surface area contributed by atoms with Crippen LogP contribution in [0.1, 0.15) is 11.1 Å². The van der Waals surface area contributed by atoms with Gasteiger partial charge in [0.15, 0.2) is 0 Å². The van der Waals surface area contributed by atoms with Crippen molar-refractivity contribution in [3.8, 4) is 0 Å². The summed E-state index contributed by atoms with van der Waals surface area (Å²) in [6.45, 7) is 3.97. The van der Waals surface area contributed by atoms with Gasteiger partial charge in [-0.3, -0.25) is 4.79 Å². The standard InChI is InChI=1S/C17H22N4O3S/c1-12-6-5-7-13(2)17(12)20-16(22)11-21(4)15-9-8-14(10-19-15)25(23,24)18-3/h5-10,18H,11H2,1-4H3,(H,20,22). The Balaban J connectivity index is 2.06. The zero-order valence-electron chi connectivity index (χ0n) is 14.7. The van der Waals surface area contributed by atoms with E-state index in [1.54, 1.807) is 18.0 Å². The van der Waals surface area contributed by atoms with Crippen LogP contribution >= 0.6 is 0 Å². The van der Waals surface area contributed by atoms with Gasteiger partial charge >= 0.3 is 0 Å². The van der Waals surface area contributed by atoms with Gasteiger partial charge in [0, 0.05) is 18.9 Å². The van der Waals surface area contributed by atoms with Crippen molar-refractivity contribution < 1.29 is 13.2 Å². The fourth-order valence-corrected chi connectivity index (χ4v) is 3.04. The first-order valence-electron chi connectivity index (χ1n) is 7.71. The minimum absolute atomic E-state index is 0.0761. The number of sulfonamides is 1. The lowest BCUT2D eigenvalue weighted by Gasteiger charge is -2.19. The fraction of sp³-hybridized carbons (Fsp3) is 0.294. The second-order valence-electron chi connectivity index (χ2n) is 5.73. The van der Waals surface area contributed by atoms with Crippen molar-refractivity contribution in [3.63, 3.8) is 0 Å². The zero-order valence-corrected chi connectivity index (χ0v) is 15.5. The molecule has 8 heteroatoms. The number of rotatable bonds is 6. The van der Waals surface area contributed by atoms with E-state index in [-0.39, 0.29) is 17.3 Å². The zero-order chi connectivity index (χ0) is 18.6. The van der Waals surface area contributed by atoms with Crippen LogP contribution in [0.25, 0.3) is 0 Å². The van der Waals surface area contributed by atoms with Gasteiger partial charge in [0.1, 0.15) is 10.7 Å². The molecule has 25 heavy (non-hydrogen) atoms. The van der Waals surface area contributed by atoms with Crippen LogP contribution in [0.15, 0.2) is 41.4 Å². The molecule has 0 aliphatic heterocycles. The summed E-state index contributed by atoms with van der Waals surface area (Å²) in [7, 11) is -0.463. The average Bonchev–Trinajstić information content (AvgIpc) is 2.58. The number of nitrogens with zero attached hydrogens (tertiary/aromatic N) is 2. The van der Waals surface area contributed by atoms with E-state index >= 15 is 0 Å². The van der Waals surface area contributed by atoms with Gasteiger partial charge in [-0.25, -0.2) is 18.1 Å². The van der Waals surface area contributed by atoms with Crippen LogP contribution < -0.4 is 14.9 Å². The van der Waals surface area contributed by atoms with E-state index in [1.165, 1.54) is 19.3 Å². The van der Waals surface area contributed by atoms with Crippen LogP contribution in [0.2, 0.25) is 0 Å². The van der Waals surface area contributed by atoms with E-state index in [9.17, 15) is 13.2 Å². The number of aryl methyl sites for hydroxylation is 2. The molecule has 1 amide bonds. The predicted octanol–water partition coefficient (Wildman–Crippen LogP) is 1.68. The van der Waals surface area contributed by atoms with Crippen LogP contribution in [0.5, 0.6) is 0 Å². The van der Waals surface area contributed by atoms with Gasteiger partial charge in [0.25, 0.3) is 0 Å². The van der Waals surface area contributed by atoms with E-state index in [0.717, 1.165) is 16.8 Å². The molecule has 0 saturated heterocycles. The monoisotopic (exact) mass is 362 g/mol. The molecule has 0 bridgehead atoms. The molecule has 0 aliphatic carbocycles. The van der Waals surface area contributed by atoms with Crippen LogP contribution in [-0.2, 0) is 14.8 Å². The third kappa shape index (κ3) is 4.55. The lowest BCUT2D eigenvalue weighted by molar-refractivity contribution is -0.114. The molecule has 0 aliphatic rings. The van der Waals surface area contributed by atoms with Crippen LogP contribution in [0.4, 0.5) is 11.5 Å². The normalized spacial score (nSPS) is 11.2. The first-order valence-corrected chi connectivity index (χ1v) is 9.19. The SMILES string of the molecule is CNS(=O)(=O)c1ccc(N(C)CC(=O)Nc2c(C)cccc2C)nc1. The van der Waals surface area contributed by atoms with Gasteiger partial charge in [-0.2, -0.15) is 0 Å². The molecule has 134 valence electrons. The molecule has 0 unspecified atom stereocenters. The topological polar surface area (TPSA) is 91.4 Å². The maximum absolute atomic E-state index is 12.3. The van der Waals surface area contributed by atoms with Crippen LogP contribution in [0, 0.1) is 13.8 Å². The molecular formula is C17H22N4O3S. The summed E-state index contributed by atoms with van der Waals surface area (Å²) >= 11 is 0. The van der Waals surface area contributed by atoms with Gasteiger partial charge in [-0.15, -0.1) is 0 Å². The Bertz CT molecular complexity index is 844. The van der Waals surface area contributed by atoms with E-state index in [2.05, 4.69) is 15.0 Å². The number of amides is 1. The summed E-state index contributed by atoms with van der Waals surface area (Å²) in [4.78, 5) is 18.1. The molecule has 0 spiro atoms. The van der Waals surface area contributed by atoms with Crippen molar-refractivity contribution in [1.29, 1.82) is 0 Å². The number of nitrogens with one attached hydrogen (secondary N) is 2. The van der Waals surface area contributed by atoms with Crippen molar-refractivity contribution in [1.82, 2.24) is 9.71 Å². The summed E-state index contributed by atoms with van der Waals surface area (Å²) in [5.41, 5.74) is 2.80. The molecular weight excluding hydrogens is 340 g/mol. The number of aromatic nitrogens is 1. The van der Waals surface area contributed by atoms with Crippen molar-refractivity contribution in [2.45, 2.75) is 18.7 Å². The Morgan fingerprint density at radius 3 is 2.32 bits per heavy atom. The Morgan fingerprint density at radius 1 is 1.16 bits per heavy atom. The number of anilines is 2. The Labute approximate surface area is 148 Å². The highest BCUT2D eigenvalue weighted by atomic mass is 32.2. The van der Waals surface area contributed by atoms with Crippen LogP contribution in [-0.4, -0.2) is 39.9 Å². The number of pyridine rings is 1. The first kappa shape index (κ1) is 18.9. The summed E-state index contributed by atoms with van der Waals surface area (Å²) in [5.74, 6) is 0.334. The minimum atomic E-state index is -3.52. The minimum Gasteiger partial charge on any atom is -0.350 e. The molecule has 1 aromatic heterocycles. The summed E-state index contributed by atoms with van der Waals surface area (Å²) in [6.07, 6.45) is 1.26. The second kappa shape index (κ2) is 7.62. The highest BCUT2D eigenvalue weighted by molar-refractivity contribution is 7.89. The molecule has 0 atom stereocenters. The number of hydrogen-bond donors (Lipinski definition) is 2. The lowest BCUT2D eigenvalue weighted by Crippen LogP contribution is -2.31. The van der Waals surface area contributed by atoms with Gasteiger partial charge in [-0.1, -0.05) is 18.2 Å². The molecule has 1 heterocycles. The number of para-hydroxylation sites is 1. The highest BCUT2D eigenvalue weighted by Gasteiger charge is 2.14. The number of carbonyl (C=O) groups excluding carboxylic acids is 1. The quantitative estimate of drug-likeness (QED) is 0.816. The largest absolute Gasteiger partial charge is 0.350 e. The molecule has 2 rings (SSSR count). The van der Waals surface area contributed by atoms with Gasteiger partial charge in [0.2, 0.25) is 15.9 Å². The maximum atomic E-state index is 12.3. The van der Waals surface area contributed by atoms with Crippen molar-refractivity contribution in [2.24, 2.45) is 0 Å². The second-order valence-corrected chi connectivity index (χ2v) is 7.62. The molecule has 1 aromatic carbocycles. The smallest absolute Gasteiger partial charge is 0.243 e. The van der Waals surface area contributed by atoms with E-state index < -0.39 is 10.0 Å². The Hall–Kier alpha value is -2.45. The molecule has 2 N–H and O–H groups in total. The molecule has 0 fully saturated rings. The Kier molecular flexibility index (Phi) is 5.76. The maximum Gasteiger partial charge on any atom is 0.243 e. The van der Waals surface area contributed by atoms with E-state index in [0.29, 0.717) is 5.82 Å². The van der Waals surface area contributed by atoms with Crippen molar-refractivity contribution in [3.05, 3.63) is 47.7 Å². The van der Waals surface area contributed by atoms with Crippen LogP contribution in [0.3, 0.4) is 0 Å². The van der Waals surface area contributed by atoms with Crippen molar-refractivity contribution in [2.75, 3.05) is 30.9 Å². The van der Waals surface area contributed by atoms with Gasteiger partial charge < -0.3 is 10.2 Å². The molecule has 0 saturated carbocycles. The van der Waals surface area contributed by atoms with Gasteiger partial charge in [0.05, 0.1) is 6.54 Å². The van der Waals surface area contributed by atoms with E-state index in [1.807, 2.05) is 32.0 Å². The molecule has 0 radical (unpaired) electrons. The fourth-order valence-electron chi connectivity index (χ4n) is 2.36.